The molecular formula is C33H45N5O4. The van der Waals surface area contributed by atoms with Crippen LogP contribution in [0.2, 0.25) is 0 Å². The summed E-state index contributed by atoms with van der Waals surface area (Å²) in [4.78, 5) is 41.9. The molecule has 1 aliphatic rings. The molecule has 1 fully saturated rings. The van der Waals surface area contributed by atoms with Crippen molar-refractivity contribution in [1.82, 2.24) is 20.9 Å². The van der Waals surface area contributed by atoms with Crippen molar-refractivity contribution in [1.29, 1.82) is 5.26 Å². The van der Waals surface area contributed by atoms with Crippen LogP contribution in [0.25, 0.3) is 0 Å². The van der Waals surface area contributed by atoms with Crippen molar-refractivity contribution in [2.24, 2.45) is 5.92 Å². The Hall–Kier alpha value is -3.74. The molecule has 1 heterocycles. The summed E-state index contributed by atoms with van der Waals surface area (Å²) >= 11 is 0. The van der Waals surface area contributed by atoms with Gasteiger partial charge in [-0.15, -0.1) is 0 Å². The summed E-state index contributed by atoms with van der Waals surface area (Å²) in [6.07, 6.45) is 1.69. The van der Waals surface area contributed by atoms with Gasteiger partial charge in [0.2, 0.25) is 17.7 Å². The number of aliphatic hydroxyl groups excluding tert-OH is 1. The second kappa shape index (κ2) is 16.0. The Bertz CT molecular complexity index is 1200. The third kappa shape index (κ3) is 9.40. The van der Waals surface area contributed by atoms with Gasteiger partial charge in [0.05, 0.1) is 18.2 Å². The van der Waals surface area contributed by atoms with E-state index in [0.29, 0.717) is 51.6 Å². The molecule has 2 aromatic rings. The van der Waals surface area contributed by atoms with E-state index in [1.165, 1.54) is 6.92 Å². The van der Waals surface area contributed by atoms with E-state index in [1.807, 2.05) is 74.5 Å². The molecule has 4 N–H and O–H groups in total. The van der Waals surface area contributed by atoms with Gasteiger partial charge in [-0.25, -0.2) is 0 Å². The minimum Gasteiger partial charge on any atom is -0.390 e. The Kier molecular flexibility index (Phi) is 12.5. The molecule has 0 radical (unpaired) electrons. The molecule has 4 atom stereocenters. The van der Waals surface area contributed by atoms with Gasteiger partial charge in [0.25, 0.3) is 0 Å². The lowest BCUT2D eigenvalue weighted by molar-refractivity contribution is -0.143. The third-order valence-electron chi connectivity index (χ3n) is 7.71. The van der Waals surface area contributed by atoms with Gasteiger partial charge >= 0.3 is 0 Å². The van der Waals surface area contributed by atoms with E-state index in [9.17, 15) is 19.5 Å². The summed E-state index contributed by atoms with van der Waals surface area (Å²) in [7, 11) is 0. The molecule has 3 amide bonds. The summed E-state index contributed by atoms with van der Waals surface area (Å²) in [6, 6.07) is 20.1. The number of nitrogens with one attached hydrogen (secondary N) is 3. The fraction of sp³-hybridized carbons (Fsp3) is 0.515. The number of carbonyl (C=O) groups is 3. The molecule has 3 rings (SSSR count). The van der Waals surface area contributed by atoms with E-state index in [1.54, 1.807) is 4.90 Å². The molecule has 0 saturated carbocycles. The fourth-order valence-electron chi connectivity index (χ4n) is 5.83. The summed E-state index contributed by atoms with van der Waals surface area (Å²) in [6.45, 7) is 6.43. The maximum absolute atomic E-state index is 14.1. The Morgan fingerprint density at radius 3 is 2.31 bits per heavy atom. The number of carbonyl (C=O) groups excluding carboxylic acids is 3. The lowest BCUT2D eigenvalue weighted by Gasteiger charge is -2.34. The van der Waals surface area contributed by atoms with Crippen LogP contribution in [0.3, 0.4) is 0 Å². The van der Waals surface area contributed by atoms with Gasteiger partial charge in [0, 0.05) is 33.0 Å². The molecule has 2 aromatic carbocycles. The molecule has 0 aliphatic carbocycles. The number of nitrogens with zero attached hydrogens (tertiary/aromatic N) is 2. The molecular weight excluding hydrogens is 530 g/mol. The van der Waals surface area contributed by atoms with Crippen molar-refractivity contribution >= 4 is 17.7 Å². The molecule has 1 aliphatic heterocycles. The van der Waals surface area contributed by atoms with E-state index in [-0.39, 0.29) is 30.2 Å². The van der Waals surface area contributed by atoms with Crippen LogP contribution in [0.5, 0.6) is 0 Å². The number of nitriles is 1. The second-order valence-electron chi connectivity index (χ2n) is 11.6. The Morgan fingerprint density at radius 1 is 1.07 bits per heavy atom. The van der Waals surface area contributed by atoms with Gasteiger partial charge in [-0.05, 0) is 49.1 Å². The molecule has 1 unspecified atom stereocenters. The van der Waals surface area contributed by atoms with E-state index in [2.05, 4.69) is 22.0 Å². The van der Waals surface area contributed by atoms with Crippen LogP contribution in [0.15, 0.2) is 60.7 Å². The van der Waals surface area contributed by atoms with E-state index in [4.69, 9.17) is 5.26 Å². The number of hydrogen-bond donors (Lipinski definition) is 4. The smallest absolute Gasteiger partial charge is 0.249 e. The summed E-state index contributed by atoms with van der Waals surface area (Å²) in [5.41, 5.74) is 0.970. The van der Waals surface area contributed by atoms with Gasteiger partial charge in [-0.2, -0.15) is 5.26 Å². The van der Waals surface area contributed by atoms with Gasteiger partial charge < -0.3 is 26.0 Å². The number of hydrogen-bond acceptors (Lipinski definition) is 6. The molecule has 0 spiro atoms. The number of benzene rings is 2. The average Bonchev–Trinajstić information content (AvgIpc) is 3.25. The predicted octanol–water partition coefficient (Wildman–Crippen LogP) is 2.73. The van der Waals surface area contributed by atoms with Crippen LogP contribution in [0.1, 0.15) is 57.6 Å². The van der Waals surface area contributed by atoms with Crippen LogP contribution in [0, 0.1) is 17.2 Å². The highest BCUT2D eigenvalue weighted by Gasteiger charge is 2.50. The highest BCUT2D eigenvalue weighted by molar-refractivity contribution is 5.96. The van der Waals surface area contributed by atoms with Gasteiger partial charge in [-0.3, -0.25) is 14.4 Å². The minimum atomic E-state index is -1.04. The molecule has 9 nitrogen and oxygen atoms in total. The third-order valence-corrected chi connectivity index (χ3v) is 7.71. The molecule has 42 heavy (non-hydrogen) atoms. The lowest BCUT2D eigenvalue weighted by atomic mass is 9.87. The Balaban J connectivity index is 1.87. The zero-order valence-electron chi connectivity index (χ0n) is 25.0. The largest absolute Gasteiger partial charge is 0.390 e. The zero-order valence-corrected chi connectivity index (χ0v) is 25.0. The number of aliphatic hydroxyl groups is 1. The van der Waals surface area contributed by atoms with Crippen LogP contribution in [-0.4, -0.2) is 71.1 Å². The standard InChI is InChI=1S/C33H45N5O4/c1-24(2)22-33(37-25(3)39)17-20-38(32(33)42)29(16-15-26-11-6-4-7-12-26)31(41)36-28(21-27-13-8-5-9-14-27)30(40)23-35-19-10-18-34/h4-9,11-14,24,28-30,35,40H,10,15-17,19-23H2,1-3H3,(H,36,41)(H,37,39)/t28-,29?,30+,33-/m0/s1. The summed E-state index contributed by atoms with van der Waals surface area (Å²) in [5, 5.41) is 29.0. The van der Waals surface area contributed by atoms with Crippen LogP contribution >= 0.6 is 0 Å². The summed E-state index contributed by atoms with van der Waals surface area (Å²) in [5.74, 6) is -0.681. The first-order chi connectivity index (χ1) is 20.1. The molecule has 9 heteroatoms. The Labute approximate surface area is 249 Å². The van der Waals surface area contributed by atoms with Crippen LogP contribution in [-0.2, 0) is 27.2 Å². The SMILES string of the molecule is CC(=O)N[C@]1(CC(C)C)CCN(C(CCc2ccccc2)C(=O)N[C@@H](Cc2ccccc2)[C@H](O)CNCCC#N)C1=O. The Morgan fingerprint density at radius 2 is 1.71 bits per heavy atom. The van der Waals surface area contributed by atoms with Gasteiger partial charge in [-0.1, -0.05) is 74.5 Å². The topological polar surface area (TPSA) is 135 Å². The molecule has 226 valence electrons. The first-order valence-corrected chi connectivity index (χ1v) is 14.9. The van der Waals surface area contributed by atoms with Crippen LogP contribution in [0.4, 0.5) is 0 Å². The number of amides is 3. The van der Waals surface area contributed by atoms with Crippen LogP contribution < -0.4 is 16.0 Å². The van der Waals surface area contributed by atoms with Crippen molar-refractivity contribution in [3.05, 3.63) is 71.8 Å². The second-order valence-corrected chi connectivity index (χ2v) is 11.6. The van der Waals surface area contributed by atoms with Gasteiger partial charge in [0.15, 0.2) is 0 Å². The maximum Gasteiger partial charge on any atom is 0.249 e. The van der Waals surface area contributed by atoms with Gasteiger partial charge in [0.1, 0.15) is 11.6 Å². The molecule has 0 aromatic heterocycles. The number of likely N-dealkylation sites (tertiary alicyclic amines) is 1. The van der Waals surface area contributed by atoms with Crippen molar-refractivity contribution in [3.63, 3.8) is 0 Å². The van der Waals surface area contributed by atoms with E-state index < -0.39 is 23.7 Å². The fourth-order valence-corrected chi connectivity index (χ4v) is 5.83. The molecule has 0 bridgehead atoms. The van der Waals surface area contributed by atoms with E-state index >= 15 is 0 Å². The average molecular weight is 576 g/mol. The van der Waals surface area contributed by atoms with Crippen molar-refractivity contribution < 1.29 is 19.5 Å². The van der Waals surface area contributed by atoms with Crippen molar-refractivity contribution in [3.8, 4) is 6.07 Å². The highest BCUT2D eigenvalue weighted by atomic mass is 16.3. The number of rotatable bonds is 16. The zero-order chi connectivity index (χ0) is 30.5. The normalized spacial score (nSPS) is 18.8. The quantitative estimate of drug-likeness (QED) is 0.228. The van der Waals surface area contributed by atoms with E-state index in [0.717, 1.165) is 11.1 Å². The number of aryl methyl sites for hydroxylation is 1. The summed E-state index contributed by atoms with van der Waals surface area (Å²) < 4.78 is 0. The van der Waals surface area contributed by atoms with Crippen molar-refractivity contribution in [2.45, 2.75) is 83.0 Å². The monoisotopic (exact) mass is 575 g/mol. The highest BCUT2D eigenvalue weighted by Crippen LogP contribution is 2.32. The molecule has 1 saturated heterocycles. The first-order valence-electron chi connectivity index (χ1n) is 14.9. The maximum atomic E-state index is 14.1. The lowest BCUT2D eigenvalue weighted by Crippen LogP contribution is -2.59. The first kappa shape index (κ1) is 32.8. The van der Waals surface area contributed by atoms with Crippen molar-refractivity contribution in [2.75, 3.05) is 19.6 Å². The predicted molar refractivity (Wildman–Crippen MR) is 162 cm³/mol. The minimum absolute atomic E-state index is 0.163.